The molecule has 0 atom stereocenters. The lowest BCUT2D eigenvalue weighted by molar-refractivity contribution is 0.332. The number of hydrogen-bond acceptors (Lipinski definition) is 3. The highest BCUT2D eigenvalue weighted by atomic mass is 15.2. The molecule has 0 fully saturated rings. The lowest BCUT2D eigenvalue weighted by atomic mass is 9.33. The molecule has 8 aromatic carbocycles. The van der Waals surface area contributed by atoms with Crippen LogP contribution in [0, 0.1) is 6.85 Å². The van der Waals surface area contributed by atoms with E-state index in [4.69, 9.17) is 0 Å². The molecular weight excluding hydrogens is 1010 g/mol. The van der Waals surface area contributed by atoms with E-state index >= 15 is 0 Å². The molecule has 0 bridgehead atoms. The SMILES string of the molecule is [2H]C([2H])([2H])c1cc2c3c(c1)N(c1ccc4c(c1)C(C)(C)CCC4(C)C)c1cc4c(cc1B3c1ccc(N(c3ccc(C(C)(C)C)cc3)c3ccc(C(C)(C)C)cc3)cc1N2c1ccc2c(c1)-c1ccc(C(C)(C)C)cc1C2(C)C)C(C)(C)CCC4(C)C. The Bertz CT molecular complexity index is 4080. The minimum atomic E-state index is -2.43. The van der Waals surface area contributed by atoms with E-state index < -0.39 is 6.85 Å². The summed E-state index contributed by atoms with van der Waals surface area (Å²) in [6, 6.07) is 56.2. The zero-order valence-electron chi connectivity index (χ0n) is 57.1. The van der Waals surface area contributed by atoms with Crippen LogP contribution in [-0.2, 0) is 43.3 Å². The molecule has 3 nitrogen and oxygen atoms in total. The van der Waals surface area contributed by atoms with Gasteiger partial charge in [0.1, 0.15) is 0 Å². The largest absolute Gasteiger partial charge is 0.311 e. The Morgan fingerprint density at radius 3 is 1.36 bits per heavy atom. The average molecular weight is 1110 g/mol. The number of rotatable bonds is 5. The summed E-state index contributed by atoms with van der Waals surface area (Å²) < 4.78 is 28.4. The highest BCUT2D eigenvalue weighted by molar-refractivity contribution is 7.00. The van der Waals surface area contributed by atoms with Crippen molar-refractivity contribution in [1.82, 2.24) is 0 Å². The first kappa shape index (κ1) is 52.8. The lowest BCUT2D eigenvalue weighted by Crippen LogP contribution is -2.62. The van der Waals surface area contributed by atoms with E-state index in [1.54, 1.807) is 0 Å². The van der Waals surface area contributed by atoms with E-state index in [0.717, 1.165) is 82.3 Å². The summed E-state index contributed by atoms with van der Waals surface area (Å²) in [7, 11) is 0. The Morgan fingerprint density at radius 1 is 0.381 bits per heavy atom. The van der Waals surface area contributed by atoms with Crippen LogP contribution < -0.4 is 31.1 Å². The van der Waals surface area contributed by atoms with Crippen molar-refractivity contribution in [3.05, 3.63) is 201 Å². The minimum Gasteiger partial charge on any atom is -0.311 e. The maximum atomic E-state index is 9.47. The average Bonchev–Trinajstić information content (AvgIpc) is 0.843. The van der Waals surface area contributed by atoms with Gasteiger partial charge in [0.2, 0.25) is 0 Å². The van der Waals surface area contributed by atoms with Crippen molar-refractivity contribution in [2.75, 3.05) is 14.7 Å². The van der Waals surface area contributed by atoms with Crippen molar-refractivity contribution >= 4 is 74.3 Å². The van der Waals surface area contributed by atoms with Crippen LogP contribution in [0.25, 0.3) is 11.1 Å². The van der Waals surface area contributed by atoms with Crippen LogP contribution in [0.4, 0.5) is 51.2 Å². The second-order valence-corrected chi connectivity index (χ2v) is 32.3. The van der Waals surface area contributed by atoms with Gasteiger partial charge in [-0.25, -0.2) is 0 Å². The Labute approximate surface area is 510 Å². The third kappa shape index (κ3) is 8.78. The summed E-state index contributed by atoms with van der Waals surface area (Å²) in [5, 5.41) is 0. The van der Waals surface area contributed by atoms with E-state index in [1.807, 2.05) is 12.1 Å². The molecule has 430 valence electrons. The van der Waals surface area contributed by atoms with Crippen LogP contribution in [0.5, 0.6) is 0 Å². The third-order valence-corrected chi connectivity index (χ3v) is 21.1. The van der Waals surface area contributed by atoms with E-state index in [1.165, 1.54) is 72.1 Å². The molecule has 0 N–H and O–H groups in total. The summed E-state index contributed by atoms with van der Waals surface area (Å²) in [4.78, 5) is 7.36. The number of aryl methyl sites for hydroxylation is 1. The molecule has 3 aliphatic carbocycles. The van der Waals surface area contributed by atoms with Gasteiger partial charge >= 0.3 is 0 Å². The topological polar surface area (TPSA) is 9.72 Å². The minimum absolute atomic E-state index is 0.00945. The quantitative estimate of drug-likeness (QED) is 0.159. The number of nitrogens with zero attached hydrogens (tertiary/aromatic N) is 3. The first-order valence-corrected chi connectivity index (χ1v) is 31.4. The van der Waals surface area contributed by atoms with Crippen molar-refractivity contribution in [2.45, 2.75) is 207 Å². The van der Waals surface area contributed by atoms with Gasteiger partial charge in [-0.3, -0.25) is 0 Å². The zero-order valence-corrected chi connectivity index (χ0v) is 54.1. The number of benzene rings is 8. The highest BCUT2D eigenvalue weighted by Crippen LogP contribution is 2.56. The molecule has 13 rings (SSSR count). The van der Waals surface area contributed by atoms with E-state index in [-0.39, 0.29) is 50.0 Å². The fourth-order valence-corrected chi connectivity index (χ4v) is 15.5. The molecule has 0 spiro atoms. The van der Waals surface area contributed by atoms with Crippen LogP contribution in [0.15, 0.2) is 146 Å². The maximum absolute atomic E-state index is 9.47. The molecule has 0 radical (unpaired) electrons. The fourth-order valence-electron chi connectivity index (χ4n) is 15.5. The number of anilines is 9. The lowest BCUT2D eigenvalue weighted by Gasteiger charge is -2.48. The van der Waals surface area contributed by atoms with Gasteiger partial charge in [0.15, 0.2) is 0 Å². The zero-order chi connectivity index (χ0) is 62.5. The molecule has 8 aromatic rings. The Hall–Kier alpha value is -6.78. The van der Waals surface area contributed by atoms with Gasteiger partial charge in [0.05, 0.1) is 0 Å². The summed E-state index contributed by atoms with van der Waals surface area (Å²) >= 11 is 0. The monoisotopic (exact) mass is 1110 g/mol. The Morgan fingerprint density at radius 2 is 0.833 bits per heavy atom. The van der Waals surface area contributed by atoms with Crippen LogP contribution in [0.1, 0.15) is 217 Å². The first-order valence-electron chi connectivity index (χ1n) is 32.9. The van der Waals surface area contributed by atoms with Crippen molar-refractivity contribution < 1.29 is 4.11 Å². The molecule has 5 aliphatic rings. The molecule has 4 heteroatoms. The second kappa shape index (κ2) is 18.4. The van der Waals surface area contributed by atoms with E-state index in [9.17, 15) is 4.11 Å². The van der Waals surface area contributed by atoms with Crippen molar-refractivity contribution in [3.63, 3.8) is 0 Å². The first-order chi connectivity index (χ1) is 40.4. The van der Waals surface area contributed by atoms with Crippen LogP contribution in [0.2, 0.25) is 0 Å². The normalized spacial score (nSPS) is 18.9. The number of fused-ring (bicyclic) bond motifs is 9. The van der Waals surface area contributed by atoms with Crippen molar-refractivity contribution in [2.24, 2.45) is 0 Å². The molecule has 2 heterocycles. The molecule has 0 saturated carbocycles. The Kier molecular flexibility index (Phi) is 11.5. The smallest absolute Gasteiger partial charge is 0.252 e. The fraction of sp³-hybridized carbons (Fsp3) is 0.400. The van der Waals surface area contributed by atoms with Gasteiger partial charge in [-0.1, -0.05) is 198 Å². The highest BCUT2D eigenvalue weighted by Gasteiger charge is 2.48. The van der Waals surface area contributed by atoms with Crippen LogP contribution in [-0.4, -0.2) is 6.71 Å². The maximum Gasteiger partial charge on any atom is 0.252 e. The van der Waals surface area contributed by atoms with Gasteiger partial charge < -0.3 is 14.7 Å². The van der Waals surface area contributed by atoms with Crippen LogP contribution >= 0.6 is 0 Å². The third-order valence-electron chi connectivity index (χ3n) is 21.1. The van der Waals surface area contributed by atoms with E-state index in [0.29, 0.717) is 5.56 Å². The van der Waals surface area contributed by atoms with Gasteiger partial charge in [-0.05, 0) is 232 Å². The van der Waals surface area contributed by atoms with Gasteiger partial charge in [0, 0.05) is 60.7 Å². The summed E-state index contributed by atoms with van der Waals surface area (Å²) in [6.07, 6.45) is 4.38. The molecule has 0 unspecified atom stereocenters. The van der Waals surface area contributed by atoms with E-state index in [2.05, 4.69) is 280 Å². The predicted molar refractivity (Wildman–Crippen MR) is 364 cm³/mol. The molecule has 0 amide bonds. The van der Waals surface area contributed by atoms with Crippen molar-refractivity contribution in [1.29, 1.82) is 0 Å². The molecule has 84 heavy (non-hydrogen) atoms. The van der Waals surface area contributed by atoms with Gasteiger partial charge in [-0.2, -0.15) is 0 Å². The summed E-state index contributed by atoms with van der Waals surface area (Å²) in [6.45, 7) is 42.0. The van der Waals surface area contributed by atoms with Crippen LogP contribution in [0.3, 0.4) is 0 Å². The summed E-state index contributed by atoms with van der Waals surface area (Å²) in [5.41, 5.74) is 27.2. The second-order valence-electron chi connectivity index (χ2n) is 32.3. The predicted octanol–water partition coefficient (Wildman–Crippen LogP) is 20.4. The molecule has 0 aromatic heterocycles. The molecule has 0 saturated heterocycles. The summed E-state index contributed by atoms with van der Waals surface area (Å²) in [5.74, 6) is 0. The van der Waals surface area contributed by atoms with Gasteiger partial charge in [-0.15, -0.1) is 0 Å². The standard InChI is InChI=1S/C80H92BN3/c1-49-41-70-72-71(42-49)84(56-31-35-61-63(45-56)77(13,14)38-37-76(61,11)12)69-48-65-64(78(15,16)39-40-79(65,17)18)47-67(69)81(72)66-36-32-57(82(53-26-21-50(22-27-53)73(2,3)4)54-28-23-51(24-29-54)74(5,6)7)46-68(66)83(70)55-30-34-60-59(44-55)58-33-25-52(75(8,9)10)43-62(58)80(60,19)20/h21-36,41-48H,37-40H2,1-20H3/i1D3. The Balaban J connectivity index is 1.14. The molecule has 2 aliphatic heterocycles. The number of hydrogen-bond donors (Lipinski definition) is 0. The molecular formula is C80H92BN3. The van der Waals surface area contributed by atoms with Crippen molar-refractivity contribution in [3.8, 4) is 11.1 Å². The van der Waals surface area contributed by atoms with Gasteiger partial charge in [0.25, 0.3) is 6.71 Å².